The van der Waals surface area contributed by atoms with E-state index in [1.165, 1.54) is 0 Å². The Kier molecular flexibility index (Phi) is 4.98. The predicted molar refractivity (Wildman–Crippen MR) is 75.5 cm³/mol. The number of hydrogen-bond donors (Lipinski definition) is 1. The zero-order valence-corrected chi connectivity index (χ0v) is 12.5. The molecule has 1 saturated heterocycles. The third-order valence-corrected chi connectivity index (χ3v) is 3.67. The number of halogens is 1. The Morgan fingerprint density at radius 3 is 2.79 bits per heavy atom. The third-order valence-electron chi connectivity index (χ3n) is 3.67. The number of aromatic nitrogens is 1. The molecule has 0 aromatic carbocycles. The summed E-state index contributed by atoms with van der Waals surface area (Å²) in [6.45, 7) is 8.19. The molecule has 0 spiro atoms. The second-order valence-corrected chi connectivity index (χ2v) is 5.76. The molecule has 1 amide bonds. The van der Waals surface area contributed by atoms with Gasteiger partial charge in [-0.15, -0.1) is 12.4 Å². The molecule has 1 aromatic rings. The van der Waals surface area contributed by atoms with Crippen molar-refractivity contribution in [3.8, 4) is 0 Å². The molecule has 19 heavy (non-hydrogen) atoms. The minimum absolute atomic E-state index is 0. The Morgan fingerprint density at radius 2 is 2.32 bits per heavy atom. The fourth-order valence-electron chi connectivity index (χ4n) is 2.18. The van der Waals surface area contributed by atoms with Crippen LogP contribution in [-0.4, -0.2) is 35.6 Å². The summed E-state index contributed by atoms with van der Waals surface area (Å²) in [4.78, 5) is 14.0. The molecule has 108 valence electrons. The first-order chi connectivity index (χ1) is 8.45. The molecule has 1 fully saturated rings. The predicted octanol–water partition coefficient (Wildman–Crippen LogP) is 2.03. The third kappa shape index (κ3) is 3.28. The maximum absolute atomic E-state index is 12.2. The van der Waals surface area contributed by atoms with Crippen molar-refractivity contribution < 1.29 is 9.32 Å². The molecule has 1 atom stereocenters. The lowest BCUT2D eigenvalue weighted by atomic mass is 9.90. The van der Waals surface area contributed by atoms with Crippen LogP contribution in [0.3, 0.4) is 0 Å². The molecule has 2 heterocycles. The van der Waals surface area contributed by atoms with Gasteiger partial charge < -0.3 is 15.2 Å². The van der Waals surface area contributed by atoms with E-state index in [1.807, 2.05) is 13.8 Å². The summed E-state index contributed by atoms with van der Waals surface area (Å²) in [5.74, 6) is 0.523. The highest BCUT2D eigenvalue weighted by Gasteiger charge is 2.36. The van der Waals surface area contributed by atoms with Gasteiger partial charge in [0.05, 0.1) is 5.69 Å². The van der Waals surface area contributed by atoms with E-state index in [-0.39, 0.29) is 29.6 Å². The number of nitrogens with two attached hydrogens (primary N) is 1. The largest absolute Gasteiger partial charge is 0.351 e. The van der Waals surface area contributed by atoms with Crippen molar-refractivity contribution in [2.45, 2.75) is 33.1 Å². The van der Waals surface area contributed by atoms with Gasteiger partial charge in [-0.3, -0.25) is 4.79 Å². The maximum atomic E-state index is 12.2. The van der Waals surface area contributed by atoms with E-state index in [9.17, 15) is 4.79 Å². The van der Waals surface area contributed by atoms with E-state index in [2.05, 4.69) is 12.1 Å². The average Bonchev–Trinajstić information content (AvgIpc) is 2.95. The van der Waals surface area contributed by atoms with Crippen LogP contribution in [0, 0.1) is 5.41 Å². The van der Waals surface area contributed by atoms with Crippen molar-refractivity contribution in [3.63, 3.8) is 0 Å². The fraction of sp³-hybridized carbons (Fsp3) is 0.692. The van der Waals surface area contributed by atoms with E-state index in [0.29, 0.717) is 18.8 Å². The van der Waals surface area contributed by atoms with Crippen molar-refractivity contribution in [2.24, 2.45) is 11.1 Å². The topological polar surface area (TPSA) is 72.4 Å². The van der Waals surface area contributed by atoms with Gasteiger partial charge in [-0.05, 0) is 24.3 Å². The number of likely N-dealkylation sites (tertiary alicyclic amines) is 1. The summed E-state index contributed by atoms with van der Waals surface area (Å²) in [6, 6.07) is 1.74. The molecule has 0 saturated carbocycles. The molecular formula is C13H22ClN3O2. The average molecular weight is 288 g/mol. The standard InChI is InChI=1S/C13H21N3O2.ClH/c1-9(2)10-6-11(18-15-10)12(17)16-5-4-13(3,7-14)8-16;/h6,9H,4-5,7-8,14H2,1-3H3;1H. The van der Waals surface area contributed by atoms with Crippen molar-refractivity contribution in [1.82, 2.24) is 10.1 Å². The van der Waals surface area contributed by atoms with Crippen LogP contribution in [0.1, 0.15) is 49.4 Å². The van der Waals surface area contributed by atoms with E-state index in [4.69, 9.17) is 10.3 Å². The number of carbonyl (C=O) groups excluding carboxylic acids is 1. The van der Waals surface area contributed by atoms with Crippen LogP contribution in [0.25, 0.3) is 0 Å². The number of nitrogens with zero attached hydrogens (tertiary/aromatic N) is 2. The van der Waals surface area contributed by atoms with Gasteiger partial charge in [-0.1, -0.05) is 25.9 Å². The first-order valence-electron chi connectivity index (χ1n) is 6.41. The van der Waals surface area contributed by atoms with Gasteiger partial charge in [-0.2, -0.15) is 0 Å². The van der Waals surface area contributed by atoms with Gasteiger partial charge in [0.2, 0.25) is 5.76 Å². The van der Waals surface area contributed by atoms with Crippen LogP contribution >= 0.6 is 12.4 Å². The van der Waals surface area contributed by atoms with E-state index in [0.717, 1.165) is 18.7 Å². The second kappa shape index (κ2) is 5.92. The quantitative estimate of drug-likeness (QED) is 0.923. The molecule has 2 rings (SSSR count). The minimum Gasteiger partial charge on any atom is -0.351 e. The Morgan fingerprint density at radius 1 is 1.63 bits per heavy atom. The van der Waals surface area contributed by atoms with Crippen molar-refractivity contribution in [1.29, 1.82) is 0 Å². The van der Waals surface area contributed by atoms with Crippen LogP contribution in [-0.2, 0) is 0 Å². The molecule has 0 bridgehead atoms. The van der Waals surface area contributed by atoms with Gasteiger partial charge in [-0.25, -0.2) is 0 Å². The zero-order chi connectivity index (χ0) is 13.3. The highest BCUT2D eigenvalue weighted by molar-refractivity contribution is 5.91. The van der Waals surface area contributed by atoms with E-state index in [1.54, 1.807) is 11.0 Å². The lowest BCUT2D eigenvalue weighted by Gasteiger charge is -2.21. The molecule has 1 aliphatic heterocycles. The highest BCUT2D eigenvalue weighted by Crippen LogP contribution is 2.29. The molecule has 2 N–H and O–H groups in total. The van der Waals surface area contributed by atoms with Gasteiger partial charge in [0.15, 0.2) is 0 Å². The van der Waals surface area contributed by atoms with Crippen LogP contribution in [0.15, 0.2) is 10.6 Å². The molecule has 6 heteroatoms. The first kappa shape index (κ1) is 16.0. The summed E-state index contributed by atoms with van der Waals surface area (Å²) in [6.07, 6.45) is 0.945. The van der Waals surface area contributed by atoms with E-state index >= 15 is 0 Å². The zero-order valence-electron chi connectivity index (χ0n) is 11.7. The number of rotatable bonds is 3. The SMILES string of the molecule is CC(C)c1cc(C(=O)N2CCC(C)(CN)C2)on1.Cl. The summed E-state index contributed by atoms with van der Waals surface area (Å²) in [7, 11) is 0. The maximum Gasteiger partial charge on any atom is 0.292 e. The molecule has 0 aliphatic carbocycles. The number of hydrogen-bond acceptors (Lipinski definition) is 4. The van der Waals surface area contributed by atoms with Crippen molar-refractivity contribution >= 4 is 18.3 Å². The Labute approximate surface area is 119 Å². The van der Waals surface area contributed by atoms with Crippen molar-refractivity contribution in [2.75, 3.05) is 19.6 Å². The van der Waals surface area contributed by atoms with Crippen LogP contribution in [0.4, 0.5) is 0 Å². The van der Waals surface area contributed by atoms with Gasteiger partial charge in [0.1, 0.15) is 0 Å². The molecule has 1 unspecified atom stereocenters. The minimum atomic E-state index is -0.0772. The molecule has 0 radical (unpaired) electrons. The summed E-state index contributed by atoms with van der Waals surface area (Å²) in [5.41, 5.74) is 6.60. The van der Waals surface area contributed by atoms with Crippen LogP contribution in [0.2, 0.25) is 0 Å². The lowest BCUT2D eigenvalue weighted by molar-refractivity contribution is 0.0735. The first-order valence-corrected chi connectivity index (χ1v) is 6.41. The molecule has 1 aliphatic rings. The smallest absolute Gasteiger partial charge is 0.292 e. The van der Waals surface area contributed by atoms with E-state index < -0.39 is 0 Å². The van der Waals surface area contributed by atoms with Gasteiger partial charge in [0, 0.05) is 19.2 Å². The van der Waals surface area contributed by atoms with Crippen molar-refractivity contribution in [3.05, 3.63) is 17.5 Å². The summed E-state index contributed by atoms with van der Waals surface area (Å²) >= 11 is 0. The number of amides is 1. The van der Waals surface area contributed by atoms with Crippen LogP contribution < -0.4 is 5.73 Å². The van der Waals surface area contributed by atoms with Crippen LogP contribution in [0.5, 0.6) is 0 Å². The monoisotopic (exact) mass is 287 g/mol. The van der Waals surface area contributed by atoms with Gasteiger partial charge >= 0.3 is 0 Å². The molecule has 1 aromatic heterocycles. The summed E-state index contributed by atoms with van der Waals surface area (Å²) in [5, 5.41) is 3.92. The normalized spacial score (nSPS) is 22.7. The summed E-state index contributed by atoms with van der Waals surface area (Å²) < 4.78 is 5.13. The van der Waals surface area contributed by atoms with Gasteiger partial charge in [0.25, 0.3) is 5.91 Å². The second-order valence-electron chi connectivity index (χ2n) is 5.76. The molecular weight excluding hydrogens is 266 g/mol. The number of carbonyl (C=O) groups is 1. The molecule has 5 nitrogen and oxygen atoms in total. The Bertz CT molecular complexity index is 447. The Hall–Kier alpha value is -1.07. The Balaban J connectivity index is 0.00000180. The highest BCUT2D eigenvalue weighted by atomic mass is 35.5. The lowest BCUT2D eigenvalue weighted by Crippen LogP contribution is -2.34. The fourth-order valence-corrected chi connectivity index (χ4v) is 2.18.